The first-order valence-electron chi connectivity index (χ1n) is 6.96. The normalized spacial score (nSPS) is 11.9. The highest BCUT2D eigenvalue weighted by molar-refractivity contribution is 5.45. The first kappa shape index (κ1) is 23.8. The fourth-order valence-corrected chi connectivity index (χ4v) is 1.58. The Morgan fingerprint density at radius 3 is 2.05 bits per heavy atom. The maximum atomic E-state index is 9.88. The van der Waals surface area contributed by atoms with Crippen LogP contribution in [-0.4, -0.2) is 32.3 Å². The standard InChI is InChI=1S/C8H17NO.C7H12O.CH4O/c1-7(2)4-8(3)5-9-6-10;1-4-6-7(5-2)8-3;1-2/h6-8H,4-5H2,1-3H3,(H,9,10);4-6H,1-3H3;2H,1H3/b;6-4-,7-5+;. The van der Waals surface area contributed by atoms with Crippen LogP contribution in [-0.2, 0) is 9.53 Å². The molecule has 0 aromatic carbocycles. The second kappa shape index (κ2) is 20.0. The number of hydrogen-bond acceptors (Lipinski definition) is 3. The fraction of sp³-hybridized carbons (Fsp3) is 0.688. The van der Waals surface area contributed by atoms with Crippen molar-refractivity contribution >= 4 is 6.41 Å². The number of aliphatic hydroxyl groups excluding tert-OH is 1. The average Bonchev–Trinajstić information content (AvgIpc) is 2.44. The van der Waals surface area contributed by atoms with E-state index in [1.807, 2.05) is 32.1 Å². The maximum Gasteiger partial charge on any atom is 0.207 e. The number of carbonyl (C=O) groups is 1. The van der Waals surface area contributed by atoms with Gasteiger partial charge in [0.15, 0.2) is 0 Å². The van der Waals surface area contributed by atoms with Gasteiger partial charge in [0, 0.05) is 13.7 Å². The first-order chi connectivity index (χ1) is 9.51. The Hall–Kier alpha value is -1.29. The van der Waals surface area contributed by atoms with E-state index in [0.29, 0.717) is 5.92 Å². The molecule has 0 rings (SSSR count). The topological polar surface area (TPSA) is 58.6 Å². The summed E-state index contributed by atoms with van der Waals surface area (Å²) in [6, 6.07) is 0. The molecule has 0 radical (unpaired) electrons. The summed E-state index contributed by atoms with van der Waals surface area (Å²) in [6.45, 7) is 11.2. The van der Waals surface area contributed by atoms with Gasteiger partial charge in [0.25, 0.3) is 0 Å². The van der Waals surface area contributed by atoms with Crippen LogP contribution in [0.1, 0.15) is 41.0 Å². The molecule has 0 saturated carbocycles. The third kappa shape index (κ3) is 21.9. The molecule has 0 aromatic heterocycles. The van der Waals surface area contributed by atoms with Crippen molar-refractivity contribution in [2.45, 2.75) is 41.0 Å². The minimum Gasteiger partial charge on any atom is -0.497 e. The summed E-state index contributed by atoms with van der Waals surface area (Å²) in [5.41, 5.74) is 0. The summed E-state index contributed by atoms with van der Waals surface area (Å²) in [6.07, 6.45) is 7.72. The minimum atomic E-state index is 0.602. The van der Waals surface area contributed by atoms with Crippen molar-refractivity contribution in [2.75, 3.05) is 20.8 Å². The Bertz CT molecular complexity index is 245. The smallest absolute Gasteiger partial charge is 0.207 e. The van der Waals surface area contributed by atoms with Crippen molar-refractivity contribution in [1.82, 2.24) is 5.32 Å². The highest BCUT2D eigenvalue weighted by Gasteiger charge is 2.02. The molecule has 0 spiro atoms. The van der Waals surface area contributed by atoms with Gasteiger partial charge in [0.1, 0.15) is 5.76 Å². The zero-order chi connectivity index (χ0) is 16.4. The third-order valence-electron chi connectivity index (χ3n) is 2.27. The number of aliphatic hydroxyl groups is 1. The van der Waals surface area contributed by atoms with Crippen LogP contribution in [0.15, 0.2) is 24.0 Å². The van der Waals surface area contributed by atoms with Crippen LogP contribution in [0.5, 0.6) is 0 Å². The van der Waals surface area contributed by atoms with Crippen LogP contribution in [0.3, 0.4) is 0 Å². The molecule has 1 atom stereocenters. The largest absolute Gasteiger partial charge is 0.497 e. The molecule has 0 bridgehead atoms. The van der Waals surface area contributed by atoms with Crippen LogP contribution < -0.4 is 5.32 Å². The van der Waals surface area contributed by atoms with Gasteiger partial charge in [-0.15, -0.1) is 0 Å². The van der Waals surface area contributed by atoms with Crippen LogP contribution in [0.2, 0.25) is 0 Å². The number of rotatable bonds is 7. The highest BCUT2D eigenvalue weighted by atomic mass is 16.5. The number of ether oxygens (including phenoxy) is 1. The molecule has 4 nitrogen and oxygen atoms in total. The number of hydrogen-bond donors (Lipinski definition) is 2. The van der Waals surface area contributed by atoms with Gasteiger partial charge in [-0.2, -0.15) is 0 Å². The van der Waals surface area contributed by atoms with E-state index in [-0.39, 0.29) is 0 Å². The number of methoxy groups -OCH3 is 1. The minimum absolute atomic E-state index is 0.602. The van der Waals surface area contributed by atoms with Crippen LogP contribution >= 0.6 is 0 Å². The highest BCUT2D eigenvalue weighted by Crippen LogP contribution is 2.08. The van der Waals surface area contributed by atoms with Gasteiger partial charge < -0.3 is 15.2 Å². The van der Waals surface area contributed by atoms with Crippen molar-refractivity contribution in [3.8, 4) is 0 Å². The number of nitrogens with one attached hydrogen (secondary N) is 1. The van der Waals surface area contributed by atoms with Crippen molar-refractivity contribution < 1.29 is 14.6 Å². The lowest BCUT2D eigenvalue weighted by Gasteiger charge is -2.12. The molecule has 1 unspecified atom stereocenters. The van der Waals surface area contributed by atoms with Crippen molar-refractivity contribution in [1.29, 1.82) is 0 Å². The molecule has 0 heterocycles. The van der Waals surface area contributed by atoms with Gasteiger partial charge in [-0.1, -0.05) is 26.8 Å². The zero-order valence-electron chi connectivity index (χ0n) is 14.1. The lowest BCUT2D eigenvalue weighted by atomic mass is 9.99. The molecule has 0 aliphatic heterocycles. The zero-order valence-corrected chi connectivity index (χ0v) is 14.1. The summed E-state index contributed by atoms with van der Waals surface area (Å²) >= 11 is 0. The van der Waals surface area contributed by atoms with Gasteiger partial charge in [-0.05, 0) is 44.3 Å². The van der Waals surface area contributed by atoms with E-state index >= 15 is 0 Å². The van der Waals surface area contributed by atoms with E-state index in [9.17, 15) is 4.79 Å². The van der Waals surface area contributed by atoms with E-state index in [1.165, 1.54) is 6.42 Å². The van der Waals surface area contributed by atoms with Gasteiger partial charge in [-0.3, -0.25) is 4.79 Å². The monoisotopic (exact) mass is 287 g/mol. The van der Waals surface area contributed by atoms with Crippen LogP contribution in [0.4, 0.5) is 0 Å². The van der Waals surface area contributed by atoms with E-state index in [1.54, 1.807) is 7.11 Å². The predicted molar refractivity (Wildman–Crippen MR) is 86.4 cm³/mol. The molecule has 0 saturated heterocycles. The van der Waals surface area contributed by atoms with E-state index in [0.717, 1.165) is 31.7 Å². The maximum absolute atomic E-state index is 9.88. The summed E-state index contributed by atoms with van der Waals surface area (Å²) in [5, 5.41) is 9.67. The predicted octanol–water partition coefficient (Wildman–Crippen LogP) is 3.14. The fourth-order valence-electron chi connectivity index (χ4n) is 1.58. The second-order valence-electron chi connectivity index (χ2n) is 4.66. The molecule has 0 aliphatic carbocycles. The Morgan fingerprint density at radius 2 is 1.80 bits per heavy atom. The van der Waals surface area contributed by atoms with E-state index < -0.39 is 0 Å². The molecule has 1 amide bonds. The molecule has 0 aromatic rings. The van der Waals surface area contributed by atoms with Gasteiger partial charge in [0.2, 0.25) is 6.41 Å². The summed E-state index contributed by atoms with van der Waals surface area (Å²) in [7, 11) is 2.66. The molecule has 4 heteroatoms. The lowest BCUT2D eigenvalue weighted by Crippen LogP contribution is -2.20. The second-order valence-corrected chi connectivity index (χ2v) is 4.66. The van der Waals surface area contributed by atoms with Gasteiger partial charge >= 0.3 is 0 Å². The number of amides is 1. The Kier molecular flexibility index (Phi) is 23.8. The quantitative estimate of drug-likeness (QED) is 0.429. The molecular formula is C16H33NO3. The van der Waals surface area contributed by atoms with Crippen molar-refractivity contribution in [2.24, 2.45) is 11.8 Å². The van der Waals surface area contributed by atoms with Crippen molar-refractivity contribution in [3.05, 3.63) is 24.0 Å². The first-order valence-corrected chi connectivity index (χ1v) is 6.96. The molecule has 120 valence electrons. The third-order valence-corrected chi connectivity index (χ3v) is 2.27. The lowest BCUT2D eigenvalue weighted by molar-refractivity contribution is -0.109. The number of allylic oxidation sites excluding steroid dienone is 3. The van der Waals surface area contributed by atoms with Crippen molar-refractivity contribution in [3.63, 3.8) is 0 Å². The molecular weight excluding hydrogens is 254 g/mol. The summed E-state index contributed by atoms with van der Waals surface area (Å²) in [5.74, 6) is 2.24. The SMILES string of the molecule is C/C=C\C(=C/C)OC.CC(C)CC(C)CNC=O.CO. The van der Waals surface area contributed by atoms with E-state index in [2.05, 4.69) is 26.1 Å². The van der Waals surface area contributed by atoms with E-state index in [4.69, 9.17) is 9.84 Å². The molecule has 20 heavy (non-hydrogen) atoms. The summed E-state index contributed by atoms with van der Waals surface area (Å²) in [4.78, 5) is 9.88. The average molecular weight is 287 g/mol. The Labute approximate surface area is 124 Å². The van der Waals surface area contributed by atoms with Gasteiger partial charge in [-0.25, -0.2) is 0 Å². The molecule has 0 fully saturated rings. The Morgan fingerprint density at radius 1 is 1.25 bits per heavy atom. The molecule has 0 aliphatic rings. The van der Waals surface area contributed by atoms with Gasteiger partial charge in [0.05, 0.1) is 7.11 Å². The molecule has 2 N–H and O–H groups in total. The van der Waals surface area contributed by atoms with Crippen LogP contribution in [0.25, 0.3) is 0 Å². The summed E-state index contributed by atoms with van der Waals surface area (Å²) < 4.78 is 4.91. The Balaban J connectivity index is -0.000000262. The van der Waals surface area contributed by atoms with Crippen LogP contribution in [0, 0.1) is 11.8 Å². The number of carbonyl (C=O) groups excluding carboxylic acids is 1.